The van der Waals surface area contributed by atoms with Crippen molar-refractivity contribution in [2.75, 3.05) is 25.0 Å². The first kappa shape index (κ1) is 56.7. The highest BCUT2D eigenvalue weighted by Crippen LogP contribution is 2.24. The van der Waals surface area contributed by atoms with Crippen molar-refractivity contribution in [3.8, 4) is 17.0 Å². The van der Waals surface area contributed by atoms with E-state index in [0.29, 0.717) is 11.3 Å². The topological polar surface area (TPSA) is 271 Å². The van der Waals surface area contributed by atoms with Gasteiger partial charge < -0.3 is 58.1 Å². The number of carboxylic acid groups (broad SMARTS) is 1. The van der Waals surface area contributed by atoms with Crippen LogP contribution < -0.4 is 26.3 Å². The Balaban J connectivity index is 1.96. The monoisotopic (exact) mass is 988 g/mol. The van der Waals surface area contributed by atoms with Crippen molar-refractivity contribution in [1.82, 2.24) is 24.8 Å². The quantitative estimate of drug-likeness (QED) is 0.0471. The second kappa shape index (κ2) is 23.1. The smallest absolute Gasteiger partial charge is 0.437 e. The van der Waals surface area contributed by atoms with Crippen molar-refractivity contribution in [3.63, 3.8) is 0 Å². The normalized spacial score (nSPS) is 13.2. The van der Waals surface area contributed by atoms with Gasteiger partial charge in [-0.15, -0.1) is 16.3 Å². The van der Waals surface area contributed by atoms with E-state index in [-0.39, 0.29) is 41.8 Å². The van der Waals surface area contributed by atoms with Gasteiger partial charge in [-0.2, -0.15) is 0 Å². The number of amides is 4. The summed E-state index contributed by atoms with van der Waals surface area (Å²) in [7, 11) is 1.70. The van der Waals surface area contributed by atoms with Gasteiger partial charge in [0.15, 0.2) is 5.13 Å². The highest BCUT2D eigenvalue weighted by Gasteiger charge is 2.30. The van der Waals surface area contributed by atoms with Gasteiger partial charge in [0.1, 0.15) is 46.1 Å². The average molecular weight is 989 g/mol. The number of anilines is 1. The molecule has 1 aromatic carbocycles. The van der Waals surface area contributed by atoms with Crippen LogP contribution in [0.1, 0.15) is 110 Å². The molecule has 0 saturated heterocycles. The molecule has 0 saturated carbocycles. The molecule has 1 unspecified atom stereocenters. The molecule has 0 aliphatic carbocycles. The lowest BCUT2D eigenvalue weighted by molar-refractivity contribution is -0.170. The zero-order valence-electron chi connectivity index (χ0n) is 42.3. The number of aliphatic carboxylic acids is 1. The fraction of sp³-hybridized carbons (Fsp3) is 0.587. The van der Waals surface area contributed by atoms with Crippen LogP contribution >= 0.6 is 11.3 Å². The molecule has 0 aliphatic heterocycles. The summed E-state index contributed by atoms with van der Waals surface area (Å²) in [5.74, 6) is -2.63. The summed E-state index contributed by atoms with van der Waals surface area (Å²) in [5, 5.41) is 23.0. The fourth-order valence-corrected chi connectivity index (χ4v) is 6.29. The van der Waals surface area contributed by atoms with Crippen LogP contribution in [0.5, 0.6) is 5.75 Å². The minimum absolute atomic E-state index is 0.0341. The number of aromatic nitrogens is 3. The number of hydrogen-bond acceptors (Lipinski definition) is 16. The number of benzene rings is 1. The molecule has 0 bridgehead atoms. The molecule has 0 fully saturated rings. The Bertz CT molecular complexity index is 2350. The van der Waals surface area contributed by atoms with E-state index in [9.17, 15) is 33.9 Å². The minimum atomic E-state index is -1.55. The Morgan fingerprint density at radius 1 is 0.725 bits per heavy atom. The second-order valence-electron chi connectivity index (χ2n) is 20.6. The number of oxime groups is 1. The summed E-state index contributed by atoms with van der Waals surface area (Å²) >= 11 is 0.919. The van der Waals surface area contributed by atoms with Gasteiger partial charge in [-0.05, 0) is 134 Å². The second-order valence-corrected chi connectivity index (χ2v) is 21.5. The van der Waals surface area contributed by atoms with Gasteiger partial charge in [-0.25, -0.2) is 33.8 Å². The molecule has 69 heavy (non-hydrogen) atoms. The van der Waals surface area contributed by atoms with Gasteiger partial charge >= 0.3 is 36.3 Å². The number of imidazole rings is 1. The van der Waals surface area contributed by atoms with Gasteiger partial charge in [-0.1, -0.05) is 5.16 Å². The summed E-state index contributed by atoms with van der Waals surface area (Å²) in [5.41, 5.74) is -3.53. The van der Waals surface area contributed by atoms with Gasteiger partial charge in [0.05, 0.1) is 5.69 Å². The first-order valence-corrected chi connectivity index (χ1v) is 22.8. The predicted octanol–water partition coefficient (Wildman–Crippen LogP) is 7.39. The molecule has 1 atom stereocenters. The molecule has 3 rings (SSSR count). The molecule has 22 nitrogen and oxygen atoms in total. The van der Waals surface area contributed by atoms with E-state index in [1.165, 1.54) is 5.38 Å². The molecule has 0 spiro atoms. The zero-order valence-corrected chi connectivity index (χ0v) is 43.2. The van der Waals surface area contributed by atoms with Crippen LogP contribution in [0.25, 0.3) is 11.3 Å². The van der Waals surface area contributed by atoms with E-state index in [1.54, 1.807) is 151 Å². The van der Waals surface area contributed by atoms with Crippen molar-refractivity contribution >= 4 is 58.5 Å². The number of rotatable bonds is 16. The third-order valence-electron chi connectivity index (χ3n) is 8.15. The van der Waals surface area contributed by atoms with Crippen LogP contribution in [0.3, 0.4) is 0 Å². The van der Waals surface area contributed by atoms with E-state index < -0.39 is 88.7 Å². The maximum Gasteiger partial charge on any atom is 0.437 e. The number of alkyl carbamates (subject to hydrolysis) is 2. The van der Waals surface area contributed by atoms with E-state index >= 15 is 0 Å². The predicted molar refractivity (Wildman–Crippen MR) is 255 cm³/mol. The molecule has 4 N–H and O–H groups in total. The van der Waals surface area contributed by atoms with Gasteiger partial charge in [-0.3, -0.25) is 5.32 Å². The third-order valence-corrected chi connectivity index (χ3v) is 8.91. The molecule has 2 aromatic heterocycles. The van der Waals surface area contributed by atoms with Crippen molar-refractivity contribution in [3.05, 3.63) is 47.2 Å². The Hall–Kier alpha value is -6.65. The Kier molecular flexibility index (Phi) is 19.0. The standard InChI is InChI=1S/C46H68N8O14S/c1-42(2,3)63-35(57)32(68-52-33(34(55)56)30-26-69-36(49-30)50-40(60)66-45(10,11)12)25-62-29-19-17-28(18-20-29)31-24-54(37(53(31)16)51-41(61)67-46(13,14)15)23-27(21-47-38(58)64-43(4,5)6)22-48-39(59)65-44(7,8)9/h17-20,24,26-27,32H,21-23,25H2,1-16H3,(H,47,58)(H,48,59)(H,55,56)(H,49,50,60)/b51-37?,52-33-. The molecule has 0 radical (unpaired) electrons. The SMILES string of the molecule is Cn1c(-c2ccc(OCC(O/N=C(\C(=O)O)c3csc(NC(=O)OC(C)(C)C)n3)C(=O)OC(C)(C)C)cc2)cn(CC(CNC(=O)OC(C)(C)C)CNC(=O)OC(C)(C)C)c1=NC(=O)OC(C)(C)C. The number of ether oxygens (including phenoxy) is 6. The number of esters is 1. The number of nitrogens with one attached hydrogen (secondary N) is 3. The summed E-state index contributed by atoms with van der Waals surface area (Å²) in [6, 6.07) is 6.66. The fourth-order valence-electron chi connectivity index (χ4n) is 5.61. The summed E-state index contributed by atoms with van der Waals surface area (Å²) < 4.78 is 36.4. The maximum atomic E-state index is 13.3. The molecule has 382 valence electrons. The van der Waals surface area contributed by atoms with Crippen molar-refractivity contribution in [2.45, 2.75) is 145 Å². The molecule has 23 heteroatoms. The van der Waals surface area contributed by atoms with Crippen LogP contribution in [0, 0.1) is 5.92 Å². The van der Waals surface area contributed by atoms with Crippen molar-refractivity contribution in [1.29, 1.82) is 0 Å². The molecule has 2 heterocycles. The minimum Gasteiger partial charge on any atom is -0.489 e. The molecular weight excluding hydrogens is 921 g/mol. The molecule has 4 amide bonds. The Morgan fingerprint density at radius 3 is 1.72 bits per heavy atom. The average Bonchev–Trinajstić information content (AvgIpc) is 3.73. The summed E-state index contributed by atoms with van der Waals surface area (Å²) in [4.78, 5) is 90.3. The van der Waals surface area contributed by atoms with E-state index in [2.05, 4.69) is 31.1 Å². The van der Waals surface area contributed by atoms with Crippen LogP contribution in [0.2, 0.25) is 0 Å². The van der Waals surface area contributed by atoms with Crippen LogP contribution in [-0.4, -0.2) is 115 Å². The van der Waals surface area contributed by atoms with Crippen LogP contribution in [-0.2, 0) is 51.7 Å². The number of nitrogens with zero attached hydrogens (tertiary/aromatic N) is 5. The lowest BCUT2D eigenvalue weighted by atomic mass is 10.1. The van der Waals surface area contributed by atoms with Crippen molar-refractivity contribution in [2.24, 2.45) is 23.1 Å². The highest BCUT2D eigenvalue weighted by molar-refractivity contribution is 7.14. The lowest BCUT2D eigenvalue weighted by Crippen LogP contribution is -2.42. The Morgan fingerprint density at radius 2 is 1.23 bits per heavy atom. The molecule has 3 aromatic rings. The zero-order chi connectivity index (χ0) is 52.3. The number of carbonyl (C=O) groups excluding carboxylic acids is 5. The van der Waals surface area contributed by atoms with Gasteiger partial charge in [0, 0.05) is 44.2 Å². The highest BCUT2D eigenvalue weighted by atomic mass is 32.1. The van der Waals surface area contributed by atoms with E-state index in [4.69, 9.17) is 33.3 Å². The lowest BCUT2D eigenvalue weighted by Gasteiger charge is -2.24. The van der Waals surface area contributed by atoms with Gasteiger partial charge in [0.2, 0.25) is 11.3 Å². The number of carbonyl (C=O) groups is 6. The van der Waals surface area contributed by atoms with Crippen LogP contribution in [0.15, 0.2) is 46.0 Å². The summed E-state index contributed by atoms with van der Waals surface area (Å²) in [6.45, 7) is 25.3. The Labute approximate surface area is 406 Å². The maximum absolute atomic E-state index is 13.3. The van der Waals surface area contributed by atoms with Gasteiger partial charge in [0.25, 0.3) is 6.10 Å². The number of thiazole rings is 1. The van der Waals surface area contributed by atoms with Crippen LogP contribution in [0.4, 0.5) is 24.3 Å². The van der Waals surface area contributed by atoms with Crippen molar-refractivity contribution < 1.29 is 67.1 Å². The third kappa shape index (κ3) is 21.0. The van der Waals surface area contributed by atoms with E-state index in [1.807, 2.05) is 0 Å². The molecule has 0 aliphatic rings. The molecular formula is C46H68N8O14S. The largest absolute Gasteiger partial charge is 0.489 e. The first-order chi connectivity index (χ1) is 31.6. The number of carboxylic acids is 1. The van der Waals surface area contributed by atoms with E-state index in [0.717, 1.165) is 11.3 Å². The summed E-state index contributed by atoms with van der Waals surface area (Å²) in [6.07, 6.45) is -2.77. The first-order valence-electron chi connectivity index (χ1n) is 21.9. The number of hydrogen-bond donors (Lipinski definition) is 4.